The Morgan fingerprint density at radius 1 is 1.42 bits per heavy atom. The number of sulfone groups is 1. The minimum atomic E-state index is -3.45. The van der Waals surface area contributed by atoms with Gasteiger partial charge in [0.15, 0.2) is 15.0 Å². The van der Waals surface area contributed by atoms with Crippen LogP contribution >= 0.6 is 22.9 Å². The molecule has 1 heterocycles. The van der Waals surface area contributed by atoms with Gasteiger partial charge in [-0.3, -0.25) is 5.32 Å². The number of nitrogens with zero attached hydrogens (tertiary/aromatic N) is 1. The van der Waals surface area contributed by atoms with Crippen LogP contribution in [-0.4, -0.2) is 43.9 Å². The maximum atomic E-state index is 11.8. The Bertz CT molecular complexity index is 865. The standard InChI is InChI=1S/C14H16ClN3O4S2/c1-8-12(23-14(17-8)18-13(20)16-5-6-19)9-3-4-10(15)11(7-9)24(2,21)22/h3-4,7,19H,5-6H2,1-2H3,(H2,16,17,18,20). The zero-order chi connectivity index (χ0) is 17.9. The Kier molecular flexibility index (Phi) is 5.81. The van der Waals surface area contributed by atoms with E-state index in [1.54, 1.807) is 13.0 Å². The average Bonchev–Trinajstić information content (AvgIpc) is 2.85. The van der Waals surface area contributed by atoms with Crippen molar-refractivity contribution in [3.05, 3.63) is 28.9 Å². The predicted octanol–water partition coefficient (Wildman–Crippen LogP) is 2.29. The summed E-state index contributed by atoms with van der Waals surface area (Å²) in [6, 6.07) is 4.24. The van der Waals surface area contributed by atoms with E-state index in [1.807, 2.05) is 0 Å². The molecule has 0 saturated carbocycles. The molecule has 2 amide bonds. The van der Waals surface area contributed by atoms with E-state index in [2.05, 4.69) is 15.6 Å². The average molecular weight is 390 g/mol. The summed E-state index contributed by atoms with van der Waals surface area (Å²) in [6.07, 6.45) is 1.09. The van der Waals surface area contributed by atoms with Crippen molar-refractivity contribution in [2.75, 3.05) is 24.7 Å². The summed E-state index contributed by atoms with van der Waals surface area (Å²) < 4.78 is 23.6. The lowest BCUT2D eigenvalue weighted by Crippen LogP contribution is -2.30. The van der Waals surface area contributed by atoms with Gasteiger partial charge in [-0.25, -0.2) is 18.2 Å². The number of aryl methyl sites for hydroxylation is 1. The first-order valence-corrected chi connectivity index (χ1v) is 9.94. The molecular weight excluding hydrogens is 374 g/mol. The van der Waals surface area contributed by atoms with Crippen LogP contribution in [-0.2, 0) is 9.84 Å². The molecule has 0 fully saturated rings. The van der Waals surface area contributed by atoms with E-state index in [1.165, 1.54) is 23.5 Å². The van der Waals surface area contributed by atoms with Gasteiger partial charge >= 0.3 is 6.03 Å². The van der Waals surface area contributed by atoms with Crippen LogP contribution in [0, 0.1) is 6.92 Å². The molecule has 0 aliphatic rings. The highest BCUT2D eigenvalue weighted by atomic mass is 35.5. The number of benzene rings is 1. The molecule has 3 N–H and O–H groups in total. The number of anilines is 1. The maximum absolute atomic E-state index is 11.8. The second kappa shape index (κ2) is 7.47. The first kappa shape index (κ1) is 18.7. The Morgan fingerprint density at radius 2 is 2.12 bits per heavy atom. The molecule has 130 valence electrons. The van der Waals surface area contributed by atoms with Crippen LogP contribution in [0.3, 0.4) is 0 Å². The van der Waals surface area contributed by atoms with Crippen LogP contribution in [0.5, 0.6) is 0 Å². The third-order valence-corrected chi connectivity index (χ3v) is 5.71. The highest BCUT2D eigenvalue weighted by Crippen LogP contribution is 2.35. The summed E-state index contributed by atoms with van der Waals surface area (Å²) in [5.41, 5.74) is 1.30. The van der Waals surface area contributed by atoms with Crippen LogP contribution in [0.15, 0.2) is 23.1 Å². The normalized spacial score (nSPS) is 11.3. The predicted molar refractivity (Wildman–Crippen MR) is 94.5 cm³/mol. The van der Waals surface area contributed by atoms with E-state index in [9.17, 15) is 13.2 Å². The number of urea groups is 1. The summed E-state index contributed by atoms with van der Waals surface area (Å²) in [7, 11) is -3.45. The fourth-order valence-corrected chi connectivity index (χ4v) is 4.22. The van der Waals surface area contributed by atoms with Gasteiger partial charge in [0.2, 0.25) is 0 Å². The molecular formula is C14H16ClN3O4S2. The van der Waals surface area contributed by atoms with Gasteiger partial charge in [-0.1, -0.05) is 29.0 Å². The van der Waals surface area contributed by atoms with Gasteiger partial charge in [0.05, 0.1) is 27.1 Å². The van der Waals surface area contributed by atoms with E-state index >= 15 is 0 Å². The Balaban J connectivity index is 2.32. The van der Waals surface area contributed by atoms with Gasteiger partial charge in [-0.15, -0.1) is 0 Å². The van der Waals surface area contributed by atoms with Crippen LogP contribution in [0.2, 0.25) is 5.02 Å². The van der Waals surface area contributed by atoms with E-state index in [0.717, 1.165) is 11.1 Å². The SMILES string of the molecule is Cc1nc(NC(=O)NCCO)sc1-c1ccc(Cl)c(S(C)(=O)=O)c1. The highest BCUT2D eigenvalue weighted by molar-refractivity contribution is 7.90. The van der Waals surface area contributed by atoms with E-state index in [0.29, 0.717) is 16.4 Å². The van der Waals surface area contributed by atoms with Gasteiger partial charge in [0, 0.05) is 12.8 Å². The number of aromatic nitrogens is 1. The van der Waals surface area contributed by atoms with Crippen molar-refractivity contribution in [3.63, 3.8) is 0 Å². The molecule has 0 radical (unpaired) electrons. The van der Waals surface area contributed by atoms with Gasteiger partial charge in [0.25, 0.3) is 0 Å². The van der Waals surface area contributed by atoms with Crippen molar-refractivity contribution in [2.24, 2.45) is 0 Å². The molecule has 0 saturated heterocycles. The zero-order valence-electron chi connectivity index (χ0n) is 13.0. The van der Waals surface area contributed by atoms with Crippen LogP contribution in [0.25, 0.3) is 10.4 Å². The molecule has 2 rings (SSSR count). The van der Waals surface area contributed by atoms with Crippen molar-refractivity contribution >= 4 is 43.9 Å². The number of hydrogen-bond acceptors (Lipinski definition) is 6. The number of thiazole rings is 1. The summed E-state index contributed by atoms with van der Waals surface area (Å²) in [6.45, 7) is 1.74. The molecule has 2 aromatic rings. The summed E-state index contributed by atoms with van der Waals surface area (Å²) in [5, 5.41) is 14.2. The number of carbonyl (C=O) groups excluding carboxylic acids is 1. The first-order valence-electron chi connectivity index (χ1n) is 6.85. The smallest absolute Gasteiger partial charge is 0.321 e. The summed E-state index contributed by atoms with van der Waals surface area (Å²) in [5.74, 6) is 0. The largest absolute Gasteiger partial charge is 0.395 e. The molecule has 7 nitrogen and oxygen atoms in total. The second-order valence-electron chi connectivity index (χ2n) is 4.96. The van der Waals surface area contributed by atoms with E-state index in [-0.39, 0.29) is 23.1 Å². The molecule has 10 heteroatoms. The fraction of sp³-hybridized carbons (Fsp3) is 0.286. The fourth-order valence-electron chi connectivity index (χ4n) is 1.96. The number of carbonyl (C=O) groups is 1. The minimum absolute atomic E-state index is 0.0460. The topological polar surface area (TPSA) is 108 Å². The third-order valence-electron chi connectivity index (χ3n) is 3.01. The molecule has 0 spiro atoms. The van der Waals surface area contributed by atoms with E-state index in [4.69, 9.17) is 16.7 Å². The number of aliphatic hydroxyl groups is 1. The molecule has 24 heavy (non-hydrogen) atoms. The van der Waals surface area contributed by atoms with Gasteiger partial charge in [0.1, 0.15) is 0 Å². The maximum Gasteiger partial charge on any atom is 0.321 e. The monoisotopic (exact) mass is 389 g/mol. The number of hydrogen-bond donors (Lipinski definition) is 3. The zero-order valence-corrected chi connectivity index (χ0v) is 15.3. The number of halogens is 1. The molecule has 0 unspecified atom stereocenters. The highest BCUT2D eigenvalue weighted by Gasteiger charge is 2.17. The van der Waals surface area contributed by atoms with Crippen LogP contribution < -0.4 is 10.6 Å². The lowest BCUT2D eigenvalue weighted by atomic mass is 10.2. The van der Waals surface area contributed by atoms with E-state index < -0.39 is 15.9 Å². The van der Waals surface area contributed by atoms with Gasteiger partial charge in [-0.2, -0.15) is 0 Å². The van der Waals surface area contributed by atoms with Crippen molar-refractivity contribution in [2.45, 2.75) is 11.8 Å². The van der Waals surface area contributed by atoms with Crippen molar-refractivity contribution in [1.82, 2.24) is 10.3 Å². The van der Waals surface area contributed by atoms with Crippen molar-refractivity contribution < 1.29 is 18.3 Å². The Labute approximate surface area is 148 Å². The molecule has 0 aliphatic heterocycles. The Morgan fingerprint density at radius 3 is 2.75 bits per heavy atom. The van der Waals surface area contributed by atoms with Crippen LogP contribution in [0.1, 0.15) is 5.69 Å². The lowest BCUT2D eigenvalue weighted by molar-refractivity contribution is 0.245. The number of amides is 2. The molecule has 1 aromatic heterocycles. The second-order valence-corrected chi connectivity index (χ2v) is 8.35. The Hall–Kier alpha value is -1.68. The third kappa shape index (κ3) is 4.44. The van der Waals surface area contributed by atoms with Crippen molar-refractivity contribution in [1.29, 1.82) is 0 Å². The minimum Gasteiger partial charge on any atom is -0.395 e. The van der Waals surface area contributed by atoms with Crippen LogP contribution in [0.4, 0.5) is 9.93 Å². The number of rotatable bonds is 5. The van der Waals surface area contributed by atoms with Gasteiger partial charge < -0.3 is 10.4 Å². The molecule has 0 aliphatic carbocycles. The lowest BCUT2D eigenvalue weighted by Gasteiger charge is -2.05. The molecule has 0 bridgehead atoms. The van der Waals surface area contributed by atoms with Crippen molar-refractivity contribution in [3.8, 4) is 10.4 Å². The summed E-state index contributed by atoms with van der Waals surface area (Å²) >= 11 is 7.17. The first-order chi connectivity index (χ1) is 11.2. The number of aliphatic hydroxyl groups excluding tert-OH is 1. The number of nitrogens with one attached hydrogen (secondary N) is 2. The quantitative estimate of drug-likeness (QED) is 0.727. The molecule has 1 aromatic carbocycles. The molecule has 0 atom stereocenters. The van der Waals surface area contributed by atoms with Gasteiger partial charge in [-0.05, 0) is 24.6 Å². The summed E-state index contributed by atoms with van der Waals surface area (Å²) in [4.78, 5) is 16.6.